The number of carbonyl (C=O) groups excluding carboxylic acids is 1. The minimum Gasteiger partial charge on any atom is -0.378 e. The lowest BCUT2D eigenvalue weighted by Gasteiger charge is -2.29. The molecule has 1 fully saturated rings. The minimum atomic E-state index is -3.28. The molecule has 0 radical (unpaired) electrons. The molecular weight excluding hydrogens is 480 g/mol. The molecule has 1 heterocycles. The number of aromatic nitrogens is 2. The summed E-state index contributed by atoms with van der Waals surface area (Å²) in [6.07, 6.45) is 5.14. The molecule has 2 aromatic carbocycles. The van der Waals surface area contributed by atoms with E-state index >= 15 is 0 Å². The average molecular weight is 511 g/mol. The average Bonchev–Trinajstić information content (AvgIpc) is 2.86. The van der Waals surface area contributed by atoms with Gasteiger partial charge in [0.1, 0.15) is 11.4 Å². The molecule has 0 unspecified atom stereocenters. The van der Waals surface area contributed by atoms with Gasteiger partial charge >= 0.3 is 5.69 Å². The lowest BCUT2D eigenvalue weighted by molar-refractivity contribution is 0.0921. The predicted octanol–water partition coefficient (Wildman–Crippen LogP) is 2.58. The van der Waals surface area contributed by atoms with Crippen LogP contribution in [-0.4, -0.2) is 43.1 Å². The number of H-pyrrole nitrogens is 2. The summed E-state index contributed by atoms with van der Waals surface area (Å²) in [5.41, 5.74) is 0.638. The summed E-state index contributed by atoms with van der Waals surface area (Å²) in [5.74, 6) is -0.0381. The first kappa shape index (κ1) is 25.4. The van der Waals surface area contributed by atoms with Crippen LogP contribution < -0.4 is 21.9 Å². The van der Waals surface area contributed by atoms with Crippen LogP contribution in [0.5, 0.6) is 0 Å². The van der Waals surface area contributed by atoms with Crippen molar-refractivity contribution in [1.29, 1.82) is 0 Å². The van der Waals surface area contributed by atoms with Crippen LogP contribution in [0.4, 0.5) is 5.69 Å². The van der Waals surface area contributed by atoms with Gasteiger partial charge in [-0.15, -0.1) is 0 Å². The quantitative estimate of drug-likeness (QED) is 0.367. The highest BCUT2D eigenvalue weighted by Crippen LogP contribution is 2.32. The van der Waals surface area contributed by atoms with Crippen LogP contribution in [0.1, 0.15) is 53.2 Å². The molecule has 4 N–H and O–H groups in total. The molecule has 9 nitrogen and oxygen atoms in total. The topological polar surface area (TPSA) is 141 Å². The third-order valence-corrected chi connectivity index (χ3v) is 7.70. The number of hydrogen-bond acceptors (Lipinski definition) is 6. The highest BCUT2D eigenvalue weighted by molar-refractivity contribution is 7.90. The number of anilines is 1. The molecule has 4 rings (SSSR count). The maximum Gasteiger partial charge on any atom is 0.326 e. The van der Waals surface area contributed by atoms with E-state index in [0.29, 0.717) is 18.9 Å². The van der Waals surface area contributed by atoms with E-state index in [0.717, 1.165) is 37.5 Å². The number of benzene rings is 2. The SMILES string of the molecule is CS(=O)(=O)c1ccc(CCNc2c(C(=O)N[C@H]3CC[C@@H](c4ccccc4)CC3)[nH]c(=O)[nH]c2=O)cc1. The third-order valence-electron chi connectivity index (χ3n) is 6.57. The number of amides is 1. The molecule has 1 aliphatic carbocycles. The number of sulfone groups is 1. The third kappa shape index (κ3) is 6.31. The van der Waals surface area contributed by atoms with Crippen LogP contribution in [0.15, 0.2) is 69.1 Å². The molecule has 0 bridgehead atoms. The van der Waals surface area contributed by atoms with E-state index in [1.165, 1.54) is 17.7 Å². The molecule has 3 aromatic rings. The highest BCUT2D eigenvalue weighted by Gasteiger charge is 2.25. The molecule has 190 valence electrons. The van der Waals surface area contributed by atoms with Gasteiger partial charge in [-0.1, -0.05) is 42.5 Å². The summed E-state index contributed by atoms with van der Waals surface area (Å²) in [5, 5.41) is 5.93. The summed E-state index contributed by atoms with van der Waals surface area (Å²) in [6, 6.07) is 16.7. The van der Waals surface area contributed by atoms with Crippen molar-refractivity contribution in [1.82, 2.24) is 15.3 Å². The molecule has 1 aromatic heterocycles. The predicted molar refractivity (Wildman–Crippen MR) is 138 cm³/mol. The van der Waals surface area contributed by atoms with Crippen LogP contribution in [0.3, 0.4) is 0 Å². The Morgan fingerprint density at radius 3 is 2.25 bits per heavy atom. The zero-order chi connectivity index (χ0) is 25.7. The van der Waals surface area contributed by atoms with E-state index in [-0.39, 0.29) is 22.3 Å². The zero-order valence-electron chi connectivity index (χ0n) is 20.0. The lowest BCUT2D eigenvalue weighted by atomic mass is 9.82. The fourth-order valence-electron chi connectivity index (χ4n) is 4.61. The monoisotopic (exact) mass is 510 g/mol. The van der Waals surface area contributed by atoms with Crippen LogP contribution >= 0.6 is 0 Å². The number of aromatic amines is 2. The normalized spacial score (nSPS) is 17.9. The molecule has 36 heavy (non-hydrogen) atoms. The van der Waals surface area contributed by atoms with Gasteiger partial charge in [0.25, 0.3) is 11.5 Å². The molecule has 1 amide bonds. The molecule has 0 atom stereocenters. The van der Waals surface area contributed by atoms with Gasteiger partial charge in [-0.2, -0.15) is 0 Å². The maximum atomic E-state index is 13.0. The summed E-state index contributed by atoms with van der Waals surface area (Å²) in [6.45, 7) is 0.301. The van der Waals surface area contributed by atoms with Gasteiger partial charge in [0.15, 0.2) is 9.84 Å². The van der Waals surface area contributed by atoms with E-state index in [2.05, 4.69) is 32.7 Å². The van der Waals surface area contributed by atoms with Gasteiger partial charge in [0, 0.05) is 18.8 Å². The smallest absolute Gasteiger partial charge is 0.326 e. The Labute approximate surface area is 209 Å². The first-order valence-electron chi connectivity index (χ1n) is 12.0. The van der Waals surface area contributed by atoms with Crippen molar-refractivity contribution in [2.45, 2.75) is 49.0 Å². The number of hydrogen-bond donors (Lipinski definition) is 4. The maximum absolute atomic E-state index is 13.0. The van der Waals surface area contributed by atoms with E-state index in [9.17, 15) is 22.8 Å². The Hall–Kier alpha value is -3.66. The molecule has 1 aliphatic rings. The van der Waals surface area contributed by atoms with Crippen molar-refractivity contribution >= 4 is 21.4 Å². The second kappa shape index (κ2) is 10.9. The van der Waals surface area contributed by atoms with Crippen molar-refractivity contribution in [3.63, 3.8) is 0 Å². The number of carbonyl (C=O) groups is 1. The Balaban J connectivity index is 1.38. The Morgan fingerprint density at radius 2 is 1.61 bits per heavy atom. The second-order valence-electron chi connectivity index (χ2n) is 9.18. The van der Waals surface area contributed by atoms with Crippen molar-refractivity contribution in [3.05, 3.63) is 92.3 Å². The number of rotatable bonds is 8. The fourth-order valence-corrected chi connectivity index (χ4v) is 5.24. The molecular formula is C26H30N4O5S. The fraction of sp³-hybridized carbons (Fsp3) is 0.346. The summed E-state index contributed by atoms with van der Waals surface area (Å²) < 4.78 is 23.2. The molecule has 1 saturated carbocycles. The van der Waals surface area contributed by atoms with Gasteiger partial charge in [-0.05, 0) is 61.3 Å². The van der Waals surface area contributed by atoms with Crippen LogP contribution in [0.2, 0.25) is 0 Å². The molecule has 0 aliphatic heterocycles. The van der Waals surface area contributed by atoms with Crippen molar-refractivity contribution in [2.24, 2.45) is 0 Å². The lowest BCUT2D eigenvalue weighted by Crippen LogP contribution is -2.40. The van der Waals surface area contributed by atoms with Gasteiger partial charge < -0.3 is 15.6 Å². The van der Waals surface area contributed by atoms with Crippen LogP contribution in [-0.2, 0) is 16.3 Å². The second-order valence-corrected chi connectivity index (χ2v) is 11.2. The van der Waals surface area contributed by atoms with Gasteiger partial charge in [-0.25, -0.2) is 13.2 Å². The van der Waals surface area contributed by atoms with Crippen molar-refractivity contribution < 1.29 is 13.2 Å². The van der Waals surface area contributed by atoms with Crippen LogP contribution in [0, 0.1) is 0 Å². The van der Waals surface area contributed by atoms with Gasteiger partial charge in [0.05, 0.1) is 4.90 Å². The molecule has 10 heteroatoms. The van der Waals surface area contributed by atoms with E-state index in [1.807, 2.05) is 18.2 Å². The van der Waals surface area contributed by atoms with Crippen molar-refractivity contribution in [2.75, 3.05) is 18.1 Å². The largest absolute Gasteiger partial charge is 0.378 e. The van der Waals surface area contributed by atoms with Gasteiger partial charge in [0.2, 0.25) is 0 Å². The van der Waals surface area contributed by atoms with Gasteiger partial charge in [-0.3, -0.25) is 14.6 Å². The first-order chi connectivity index (χ1) is 17.2. The van der Waals surface area contributed by atoms with E-state index in [1.54, 1.807) is 12.1 Å². The standard InChI is InChI=1S/C26H30N4O5S/c1-36(34,35)21-13-7-17(8-14-21)15-16-27-22-23(29-26(33)30-24(22)31)25(32)28-20-11-9-19(10-12-20)18-5-3-2-4-6-18/h2-8,13-14,19-20,27H,9-12,15-16H2,1H3,(H,28,32)(H2,29,30,31,33)/t19-,20+. The van der Waals surface area contributed by atoms with Crippen molar-refractivity contribution in [3.8, 4) is 0 Å². The molecule has 0 saturated heterocycles. The summed E-state index contributed by atoms with van der Waals surface area (Å²) in [7, 11) is -3.28. The Bertz CT molecular complexity index is 1420. The van der Waals surface area contributed by atoms with Crippen LogP contribution in [0.25, 0.3) is 0 Å². The Kier molecular flexibility index (Phi) is 7.73. The summed E-state index contributed by atoms with van der Waals surface area (Å²) in [4.78, 5) is 42.2. The highest BCUT2D eigenvalue weighted by atomic mass is 32.2. The summed E-state index contributed by atoms with van der Waals surface area (Å²) >= 11 is 0. The molecule has 0 spiro atoms. The van der Waals surface area contributed by atoms with E-state index < -0.39 is 27.0 Å². The van der Waals surface area contributed by atoms with E-state index in [4.69, 9.17) is 0 Å². The zero-order valence-corrected chi connectivity index (χ0v) is 20.9. The first-order valence-corrected chi connectivity index (χ1v) is 13.8. The number of nitrogens with one attached hydrogen (secondary N) is 4. The minimum absolute atomic E-state index is 0.00201. The Morgan fingerprint density at radius 1 is 0.944 bits per heavy atom.